The molecular weight excluding hydrogens is 577 g/mol. The lowest BCUT2D eigenvalue weighted by Gasteiger charge is -2.24. The summed E-state index contributed by atoms with van der Waals surface area (Å²) in [4.78, 5) is 28.1. The molecule has 0 aliphatic carbocycles. The Morgan fingerprint density at radius 2 is 1.49 bits per heavy atom. The van der Waals surface area contributed by atoms with Crippen molar-refractivity contribution >= 4 is 46.3 Å². The molecule has 0 saturated carbocycles. The second-order valence-corrected chi connectivity index (χ2v) is 11.9. The van der Waals surface area contributed by atoms with E-state index in [9.17, 15) is 14.7 Å². The number of hydrogen-bond acceptors (Lipinski definition) is 6. The van der Waals surface area contributed by atoms with Crippen LogP contribution in [0.3, 0.4) is 0 Å². The second kappa shape index (κ2) is 14.8. The predicted octanol–water partition coefficient (Wildman–Crippen LogP) is 6.80. The molecule has 1 heterocycles. The maximum atomic E-state index is 12.9. The number of carboxylic acids is 1. The summed E-state index contributed by atoms with van der Waals surface area (Å²) in [5.74, 6) is -0.720. The summed E-state index contributed by atoms with van der Waals surface area (Å²) in [6.45, 7) is 2.23. The Kier molecular flexibility index (Phi) is 10.4. The van der Waals surface area contributed by atoms with Crippen molar-refractivity contribution in [3.8, 4) is 5.75 Å². The van der Waals surface area contributed by atoms with Crippen molar-refractivity contribution in [1.82, 2.24) is 9.80 Å². The molecule has 218 valence electrons. The van der Waals surface area contributed by atoms with Gasteiger partial charge in [0.05, 0.1) is 4.91 Å². The van der Waals surface area contributed by atoms with Gasteiger partial charge in [-0.1, -0.05) is 121 Å². The van der Waals surface area contributed by atoms with E-state index in [-0.39, 0.29) is 4.32 Å². The predicted molar refractivity (Wildman–Crippen MR) is 175 cm³/mol. The van der Waals surface area contributed by atoms with E-state index in [4.69, 9.17) is 17.0 Å². The highest BCUT2D eigenvalue weighted by atomic mass is 32.2. The molecule has 0 spiro atoms. The highest BCUT2D eigenvalue weighted by Gasteiger charge is 2.33. The van der Waals surface area contributed by atoms with Gasteiger partial charge in [0, 0.05) is 25.2 Å². The molecule has 43 heavy (non-hydrogen) atoms. The average Bonchev–Trinajstić information content (AvgIpc) is 3.27. The molecule has 4 aromatic rings. The number of thioether (sulfide) groups is 1. The standard InChI is InChI=1S/C35H32N2O4S2/c38-33(39)24-37-34(40)32(43-35(37)42)21-29-16-17-31(41-25-28-14-8-3-9-15-28)30(20-29)23-36(22-27-12-6-2-7-13-27)19-18-26-10-4-1-5-11-26/h1-17,20-21H,18-19,22-25H2,(H,38,39)/b32-21-. The molecule has 0 aromatic heterocycles. The van der Waals surface area contributed by atoms with E-state index >= 15 is 0 Å². The second-order valence-electron chi connectivity index (χ2n) is 10.2. The normalized spacial score (nSPS) is 14.1. The van der Waals surface area contributed by atoms with Crippen LogP contribution in [0, 0.1) is 0 Å². The minimum atomic E-state index is -1.10. The quantitative estimate of drug-likeness (QED) is 0.132. The van der Waals surface area contributed by atoms with E-state index in [1.165, 1.54) is 11.1 Å². The van der Waals surface area contributed by atoms with Crippen molar-refractivity contribution in [2.24, 2.45) is 0 Å². The number of amides is 1. The molecule has 4 aromatic carbocycles. The molecule has 1 saturated heterocycles. The maximum absolute atomic E-state index is 12.9. The minimum absolute atomic E-state index is 0.247. The number of carbonyl (C=O) groups is 2. The Balaban J connectivity index is 1.43. The lowest BCUT2D eigenvalue weighted by atomic mass is 10.1. The molecule has 0 unspecified atom stereocenters. The zero-order valence-corrected chi connectivity index (χ0v) is 25.2. The van der Waals surface area contributed by atoms with Gasteiger partial charge in [-0.3, -0.25) is 19.4 Å². The number of rotatable bonds is 13. The number of aliphatic carboxylic acids is 1. The molecule has 0 radical (unpaired) electrons. The van der Waals surface area contributed by atoms with E-state index in [0.29, 0.717) is 18.1 Å². The van der Waals surface area contributed by atoms with Gasteiger partial charge in [-0.25, -0.2) is 0 Å². The molecule has 1 N–H and O–H groups in total. The average molecular weight is 609 g/mol. The number of nitrogens with zero attached hydrogens (tertiary/aromatic N) is 2. The van der Waals surface area contributed by atoms with Gasteiger partial charge in [0.1, 0.15) is 23.2 Å². The van der Waals surface area contributed by atoms with Crippen molar-refractivity contribution in [2.75, 3.05) is 13.1 Å². The van der Waals surface area contributed by atoms with Crippen molar-refractivity contribution in [1.29, 1.82) is 0 Å². The largest absolute Gasteiger partial charge is 0.489 e. The third kappa shape index (κ3) is 8.64. The first-order chi connectivity index (χ1) is 20.9. The van der Waals surface area contributed by atoms with Crippen molar-refractivity contribution in [3.05, 3.63) is 142 Å². The van der Waals surface area contributed by atoms with Gasteiger partial charge < -0.3 is 9.84 Å². The Morgan fingerprint density at radius 1 is 0.860 bits per heavy atom. The van der Waals surface area contributed by atoms with Gasteiger partial charge in [-0.05, 0) is 46.9 Å². The third-order valence-electron chi connectivity index (χ3n) is 6.99. The smallest absolute Gasteiger partial charge is 0.323 e. The van der Waals surface area contributed by atoms with Crippen LogP contribution in [0.5, 0.6) is 5.75 Å². The Labute approximate surface area is 261 Å². The van der Waals surface area contributed by atoms with Crippen LogP contribution < -0.4 is 4.74 Å². The SMILES string of the molecule is O=C(O)CN1C(=O)/C(=C/c2ccc(OCc3ccccc3)c(CN(CCc3ccccc3)Cc3ccccc3)c2)SC1=S. The van der Waals surface area contributed by atoms with Crippen LogP contribution in [-0.4, -0.2) is 44.2 Å². The van der Waals surface area contributed by atoms with Crippen LogP contribution in [0.15, 0.2) is 114 Å². The maximum Gasteiger partial charge on any atom is 0.323 e. The van der Waals surface area contributed by atoms with Gasteiger partial charge in [0.2, 0.25) is 0 Å². The first kappa shape index (κ1) is 30.2. The molecule has 0 bridgehead atoms. The summed E-state index contributed by atoms with van der Waals surface area (Å²) in [6.07, 6.45) is 2.68. The van der Waals surface area contributed by atoms with E-state index < -0.39 is 18.4 Å². The molecule has 1 aliphatic rings. The summed E-state index contributed by atoms with van der Waals surface area (Å²) < 4.78 is 6.59. The molecule has 5 rings (SSSR count). The van der Waals surface area contributed by atoms with Crippen molar-refractivity contribution < 1.29 is 19.4 Å². The molecule has 1 amide bonds. The fourth-order valence-corrected chi connectivity index (χ4v) is 6.10. The van der Waals surface area contributed by atoms with Gasteiger partial charge in [0.25, 0.3) is 5.91 Å². The van der Waals surface area contributed by atoms with Crippen LogP contribution in [0.2, 0.25) is 0 Å². The molecule has 0 atom stereocenters. The number of carbonyl (C=O) groups excluding carboxylic acids is 1. The number of carboxylic acid groups (broad SMARTS) is 1. The Hall–Kier alpha value is -4.24. The summed E-state index contributed by atoms with van der Waals surface area (Å²) in [5, 5.41) is 9.19. The lowest BCUT2D eigenvalue weighted by molar-refractivity contribution is -0.140. The molecule has 1 aliphatic heterocycles. The zero-order valence-electron chi connectivity index (χ0n) is 23.6. The highest BCUT2D eigenvalue weighted by molar-refractivity contribution is 8.26. The van der Waals surface area contributed by atoms with Gasteiger partial charge in [0.15, 0.2) is 0 Å². The summed E-state index contributed by atoms with van der Waals surface area (Å²) in [7, 11) is 0. The van der Waals surface area contributed by atoms with Crippen LogP contribution >= 0.6 is 24.0 Å². The molecule has 8 heteroatoms. The number of hydrogen-bond donors (Lipinski definition) is 1. The summed E-state index contributed by atoms with van der Waals surface area (Å²) in [6, 6.07) is 36.8. The van der Waals surface area contributed by atoms with Gasteiger partial charge in [-0.2, -0.15) is 0 Å². The fraction of sp³-hybridized carbons (Fsp3) is 0.171. The number of thiocarbonyl (C=S) groups is 1. The Bertz CT molecular complexity index is 1590. The van der Waals surface area contributed by atoms with Gasteiger partial charge in [-0.15, -0.1) is 0 Å². The summed E-state index contributed by atoms with van der Waals surface area (Å²) >= 11 is 6.40. The first-order valence-electron chi connectivity index (χ1n) is 14.0. The topological polar surface area (TPSA) is 70.1 Å². The van der Waals surface area contributed by atoms with E-state index in [2.05, 4.69) is 53.4 Å². The molecule has 1 fully saturated rings. The van der Waals surface area contributed by atoms with Crippen LogP contribution in [0.4, 0.5) is 0 Å². The number of ether oxygens (including phenoxy) is 1. The fourth-order valence-electron chi connectivity index (χ4n) is 4.84. The van der Waals surface area contributed by atoms with E-state index in [0.717, 1.165) is 58.6 Å². The third-order valence-corrected chi connectivity index (χ3v) is 8.37. The van der Waals surface area contributed by atoms with Crippen molar-refractivity contribution in [2.45, 2.75) is 26.1 Å². The van der Waals surface area contributed by atoms with Gasteiger partial charge >= 0.3 is 5.97 Å². The highest BCUT2D eigenvalue weighted by Crippen LogP contribution is 2.33. The molecule has 6 nitrogen and oxygen atoms in total. The monoisotopic (exact) mass is 608 g/mol. The van der Waals surface area contributed by atoms with Crippen molar-refractivity contribution in [3.63, 3.8) is 0 Å². The molecular formula is C35H32N2O4S2. The lowest BCUT2D eigenvalue weighted by Crippen LogP contribution is -2.33. The van der Waals surface area contributed by atoms with E-state index in [1.54, 1.807) is 6.08 Å². The van der Waals surface area contributed by atoms with E-state index in [1.807, 2.05) is 60.7 Å². The van der Waals surface area contributed by atoms with Crippen LogP contribution in [0.1, 0.15) is 27.8 Å². The Morgan fingerprint density at radius 3 is 2.14 bits per heavy atom. The zero-order chi connectivity index (χ0) is 30.0. The summed E-state index contributed by atoms with van der Waals surface area (Å²) in [5.41, 5.74) is 5.39. The van der Waals surface area contributed by atoms with Crippen LogP contribution in [-0.2, 0) is 35.7 Å². The van der Waals surface area contributed by atoms with Crippen LogP contribution in [0.25, 0.3) is 6.08 Å². The number of benzene rings is 4. The first-order valence-corrected chi connectivity index (χ1v) is 15.2. The minimum Gasteiger partial charge on any atom is -0.489 e.